The summed E-state index contributed by atoms with van der Waals surface area (Å²) in [7, 11) is 0. The summed E-state index contributed by atoms with van der Waals surface area (Å²) in [6, 6.07) is 6.29. The molecule has 0 aliphatic carbocycles. The molecule has 3 rings (SSSR count). The van der Waals surface area contributed by atoms with Crippen LogP contribution in [0.4, 0.5) is 0 Å². The number of fused-ring (bicyclic) bond motifs is 1. The normalized spacial score (nSPS) is 32.0. The summed E-state index contributed by atoms with van der Waals surface area (Å²) in [6.45, 7) is 5.38. The summed E-state index contributed by atoms with van der Waals surface area (Å²) in [5, 5.41) is 3.38. The third-order valence-electron chi connectivity index (χ3n) is 4.00. The van der Waals surface area contributed by atoms with Crippen LogP contribution in [0, 0.1) is 5.92 Å². The molecule has 1 N–H and O–H groups in total. The minimum absolute atomic E-state index is 0.440. The van der Waals surface area contributed by atoms with Crippen molar-refractivity contribution in [3.05, 3.63) is 33.8 Å². The van der Waals surface area contributed by atoms with Gasteiger partial charge in [0.1, 0.15) is 0 Å². The largest absolute Gasteiger partial charge is 0.345 e. The molecule has 0 bridgehead atoms. The zero-order chi connectivity index (χ0) is 12.6. The Morgan fingerprint density at radius 1 is 1.28 bits per heavy atom. The molecule has 0 spiro atoms. The van der Waals surface area contributed by atoms with E-state index in [1.54, 1.807) is 0 Å². The Kier molecular flexibility index (Phi) is 3.45. The molecule has 18 heavy (non-hydrogen) atoms. The molecule has 1 aromatic rings. The lowest BCUT2D eigenvalue weighted by atomic mass is 9.99. The third kappa shape index (κ3) is 2.35. The van der Waals surface area contributed by atoms with Gasteiger partial charge in [0.15, 0.2) is 5.79 Å². The first-order valence-electron chi connectivity index (χ1n) is 6.43. The molecule has 2 aliphatic rings. The predicted octanol–water partition coefficient (Wildman–Crippen LogP) is 2.82. The van der Waals surface area contributed by atoms with Crippen molar-refractivity contribution < 1.29 is 9.47 Å². The number of halogens is 1. The van der Waals surface area contributed by atoms with Crippen molar-refractivity contribution in [2.45, 2.75) is 32.3 Å². The van der Waals surface area contributed by atoms with Gasteiger partial charge in [0.25, 0.3) is 0 Å². The van der Waals surface area contributed by atoms with E-state index in [1.165, 1.54) is 11.1 Å². The fourth-order valence-corrected chi connectivity index (χ4v) is 3.10. The predicted molar refractivity (Wildman–Crippen MR) is 73.1 cm³/mol. The summed E-state index contributed by atoms with van der Waals surface area (Å²) in [4.78, 5) is 0. The molecule has 98 valence electrons. The molecule has 0 saturated carbocycles. The minimum Gasteiger partial charge on any atom is -0.345 e. The number of ether oxygens (including phenoxy) is 2. The topological polar surface area (TPSA) is 30.5 Å². The molecule has 0 aromatic heterocycles. The van der Waals surface area contributed by atoms with Crippen LogP contribution in [0.15, 0.2) is 22.7 Å². The molecule has 3 nitrogen and oxygen atoms in total. The van der Waals surface area contributed by atoms with E-state index in [4.69, 9.17) is 9.47 Å². The van der Waals surface area contributed by atoms with Gasteiger partial charge in [0.05, 0.1) is 13.2 Å². The summed E-state index contributed by atoms with van der Waals surface area (Å²) in [5.74, 6) is -0.0232. The molecular weight excluding hydrogens is 294 g/mol. The van der Waals surface area contributed by atoms with Crippen molar-refractivity contribution in [2.24, 2.45) is 5.92 Å². The Labute approximate surface area is 116 Å². The second-order valence-corrected chi connectivity index (χ2v) is 6.11. The van der Waals surface area contributed by atoms with Crippen LogP contribution in [0.3, 0.4) is 0 Å². The average Bonchev–Trinajstić information content (AvgIpc) is 2.84. The lowest BCUT2D eigenvalue weighted by Gasteiger charge is -2.33. The lowest BCUT2D eigenvalue weighted by molar-refractivity contribution is -0.258. The molecule has 0 radical (unpaired) electrons. The summed E-state index contributed by atoms with van der Waals surface area (Å²) in [5.41, 5.74) is 2.45. The number of rotatable bonds is 1. The molecule has 0 amide bonds. The van der Waals surface area contributed by atoms with Crippen LogP contribution in [-0.2, 0) is 22.7 Å². The van der Waals surface area contributed by atoms with Crippen LogP contribution in [-0.4, -0.2) is 18.9 Å². The molecule has 2 atom stereocenters. The van der Waals surface area contributed by atoms with E-state index in [0.717, 1.165) is 24.0 Å². The maximum atomic E-state index is 6.07. The van der Waals surface area contributed by atoms with Gasteiger partial charge < -0.3 is 14.8 Å². The highest BCUT2D eigenvalue weighted by Gasteiger charge is 2.39. The van der Waals surface area contributed by atoms with Gasteiger partial charge >= 0.3 is 0 Å². The summed E-state index contributed by atoms with van der Waals surface area (Å²) in [6.07, 6.45) is 1.12. The third-order valence-corrected chi connectivity index (χ3v) is 4.49. The maximum absolute atomic E-state index is 6.07. The van der Waals surface area contributed by atoms with Gasteiger partial charge in [-0.2, -0.15) is 0 Å². The minimum atomic E-state index is -0.463. The van der Waals surface area contributed by atoms with Crippen molar-refractivity contribution in [1.29, 1.82) is 0 Å². The van der Waals surface area contributed by atoms with Gasteiger partial charge in [0, 0.05) is 16.9 Å². The number of benzene rings is 1. The van der Waals surface area contributed by atoms with Crippen molar-refractivity contribution in [2.75, 3.05) is 13.1 Å². The van der Waals surface area contributed by atoms with Gasteiger partial charge in [0.2, 0.25) is 0 Å². The van der Waals surface area contributed by atoms with Crippen LogP contribution in [0.2, 0.25) is 0 Å². The summed E-state index contributed by atoms with van der Waals surface area (Å²) < 4.78 is 13.2. The van der Waals surface area contributed by atoms with E-state index in [2.05, 4.69) is 46.4 Å². The van der Waals surface area contributed by atoms with E-state index in [9.17, 15) is 0 Å². The van der Waals surface area contributed by atoms with Gasteiger partial charge in [-0.1, -0.05) is 22.0 Å². The van der Waals surface area contributed by atoms with Crippen molar-refractivity contribution in [3.63, 3.8) is 0 Å². The Morgan fingerprint density at radius 3 is 2.78 bits per heavy atom. The van der Waals surface area contributed by atoms with Gasteiger partial charge in [-0.05, 0) is 43.1 Å². The Morgan fingerprint density at radius 2 is 2.06 bits per heavy atom. The average molecular weight is 312 g/mol. The lowest BCUT2D eigenvalue weighted by Crippen LogP contribution is -2.40. The van der Waals surface area contributed by atoms with Gasteiger partial charge in [-0.25, -0.2) is 0 Å². The summed E-state index contributed by atoms with van der Waals surface area (Å²) >= 11 is 3.50. The Balaban J connectivity index is 1.81. The van der Waals surface area contributed by atoms with E-state index in [1.807, 2.05) is 0 Å². The fourth-order valence-electron chi connectivity index (χ4n) is 2.69. The van der Waals surface area contributed by atoms with E-state index in [-0.39, 0.29) is 0 Å². The highest BCUT2D eigenvalue weighted by Crippen LogP contribution is 2.34. The second-order valence-electron chi connectivity index (χ2n) is 5.20. The van der Waals surface area contributed by atoms with Gasteiger partial charge in [-0.3, -0.25) is 0 Å². The number of hydrogen-bond acceptors (Lipinski definition) is 3. The fraction of sp³-hybridized carbons (Fsp3) is 0.571. The zero-order valence-electron chi connectivity index (χ0n) is 10.5. The van der Waals surface area contributed by atoms with E-state index < -0.39 is 5.79 Å². The first kappa shape index (κ1) is 12.6. The van der Waals surface area contributed by atoms with Crippen LogP contribution < -0.4 is 5.32 Å². The molecule has 4 heteroatoms. The zero-order valence-corrected chi connectivity index (χ0v) is 12.1. The standard InChI is InChI=1S/C14H18BrNO2/c1-14(12-4-5-16-7-12)17-8-10-2-3-13(15)6-11(10)9-18-14/h2-3,6,12,16H,4-5,7-9H2,1H3. The second kappa shape index (κ2) is 4.93. The van der Waals surface area contributed by atoms with Crippen molar-refractivity contribution in [3.8, 4) is 0 Å². The highest BCUT2D eigenvalue weighted by atomic mass is 79.9. The molecule has 2 heterocycles. The van der Waals surface area contributed by atoms with E-state index >= 15 is 0 Å². The molecule has 1 fully saturated rings. The monoisotopic (exact) mass is 311 g/mol. The van der Waals surface area contributed by atoms with Crippen LogP contribution in [0.5, 0.6) is 0 Å². The van der Waals surface area contributed by atoms with Crippen molar-refractivity contribution in [1.82, 2.24) is 5.32 Å². The SMILES string of the molecule is CC1(C2CCNC2)OCc2ccc(Br)cc2CO1. The smallest absolute Gasteiger partial charge is 0.170 e. The molecule has 1 saturated heterocycles. The van der Waals surface area contributed by atoms with Gasteiger partial charge in [-0.15, -0.1) is 0 Å². The maximum Gasteiger partial charge on any atom is 0.170 e. The first-order valence-corrected chi connectivity index (χ1v) is 7.22. The quantitative estimate of drug-likeness (QED) is 0.865. The highest BCUT2D eigenvalue weighted by molar-refractivity contribution is 9.10. The van der Waals surface area contributed by atoms with Crippen LogP contribution in [0.25, 0.3) is 0 Å². The van der Waals surface area contributed by atoms with Crippen LogP contribution >= 0.6 is 15.9 Å². The van der Waals surface area contributed by atoms with E-state index in [0.29, 0.717) is 19.1 Å². The first-order chi connectivity index (χ1) is 8.67. The number of hydrogen-bond donors (Lipinski definition) is 1. The Bertz CT molecular complexity index is 445. The molecule has 2 aliphatic heterocycles. The Hall–Kier alpha value is -0.420. The van der Waals surface area contributed by atoms with Crippen molar-refractivity contribution >= 4 is 15.9 Å². The molecule has 2 unspecified atom stereocenters. The number of nitrogens with one attached hydrogen (secondary N) is 1. The molecule has 1 aromatic carbocycles. The van der Waals surface area contributed by atoms with Crippen LogP contribution in [0.1, 0.15) is 24.5 Å². The molecular formula is C14H18BrNO2.